The first-order valence-corrected chi connectivity index (χ1v) is 4.47. The highest BCUT2D eigenvalue weighted by Gasteiger charge is 2.22. The molecule has 0 unspecified atom stereocenters. The summed E-state index contributed by atoms with van der Waals surface area (Å²) in [5.41, 5.74) is 0.980. The number of rotatable bonds is 2. The Hall–Kier alpha value is -2.16. The number of cyclic esters (lactones) is 1. The summed E-state index contributed by atoms with van der Waals surface area (Å²) in [4.78, 5) is 21.5. The summed E-state index contributed by atoms with van der Waals surface area (Å²) >= 11 is 0. The molecule has 74 valence electrons. The monoisotopic (exact) mass is 200 g/mol. The van der Waals surface area contributed by atoms with Crippen molar-refractivity contribution in [1.82, 2.24) is 0 Å². The fourth-order valence-corrected chi connectivity index (χ4v) is 1.20. The van der Waals surface area contributed by atoms with Crippen LogP contribution in [0.15, 0.2) is 48.2 Å². The van der Waals surface area contributed by atoms with E-state index in [2.05, 4.69) is 4.74 Å². The van der Waals surface area contributed by atoms with Crippen molar-refractivity contribution in [2.24, 2.45) is 0 Å². The van der Waals surface area contributed by atoms with Crippen LogP contribution in [0.1, 0.15) is 5.56 Å². The lowest BCUT2D eigenvalue weighted by Gasteiger charge is -1.93. The van der Waals surface area contributed by atoms with E-state index in [1.165, 1.54) is 6.08 Å². The summed E-state index contributed by atoms with van der Waals surface area (Å²) < 4.78 is 4.68. The van der Waals surface area contributed by atoms with E-state index in [0.29, 0.717) is 0 Å². The second-order valence-corrected chi connectivity index (χ2v) is 3.04. The predicted octanol–water partition coefficient (Wildman–Crippen LogP) is 1.71. The van der Waals surface area contributed by atoms with Crippen molar-refractivity contribution in [1.29, 1.82) is 0 Å². The van der Waals surface area contributed by atoms with E-state index < -0.39 is 11.8 Å². The molecule has 15 heavy (non-hydrogen) atoms. The van der Waals surface area contributed by atoms with Crippen LogP contribution in [0.4, 0.5) is 0 Å². The highest BCUT2D eigenvalue weighted by molar-refractivity contribution is 6.40. The normalized spacial score (nSPS) is 15.6. The zero-order valence-electron chi connectivity index (χ0n) is 7.84. The Kier molecular flexibility index (Phi) is 2.46. The highest BCUT2D eigenvalue weighted by atomic mass is 16.5. The van der Waals surface area contributed by atoms with E-state index in [0.717, 1.165) is 5.56 Å². The molecule has 0 saturated carbocycles. The minimum absolute atomic E-state index is 0.286. The van der Waals surface area contributed by atoms with Crippen molar-refractivity contribution in [3.05, 3.63) is 53.8 Å². The van der Waals surface area contributed by atoms with Gasteiger partial charge in [-0.25, -0.2) is 4.79 Å². The van der Waals surface area contributed by atoms with Crippen LogP contribution < -0.4 is 0 Å². The number of carbonyl (C=O) groups excluding carboxylic acids is 2. The maximum absolute atomic E-state index is 10.8. The van der Waals surface area contributed by atoms with Gasteiger partial charge in [0.15, 0.2) is 0 Å². The van der Waals surface area contributed by atoms with Crippen molar-refractivity contribution < 1.29 is 14.3 Å². The molecule has 0 aromatic heterocycles. The molecule has 0 aliphatic carbocycles. The fourth-order valence-electron chi connectivity index (χ4n) is 1.20. The van der Waals surface area contributed by atoms with Crippen molar-refractivity contribution in [2.45, 2.75) is 0 Å². The standard InChI is InChI=1S/C12H8O3/c13-11-8-10(15-12(11)14)7-6-9-4-2-1-3-5-9/h1-8H. The Bertz CT molecular complexity index is 455. The quantitative estimate of drug-likeness (QED) is 0.539. The van der Waals surface area contributed by atoms with E-state index in [9.17, 15) is 9.59 Å². The maximum Gasteiger partial charge on any atom is 0.384 e. The molecule has 0 spiro atoms. The van der Waals surface area contributed by atoms with E-state index in [1.807, 2.05) is 30.3 Å². The lowest BCUT2D eigenvalue weighted by atomic mass is 10.2. The van der Waals surface area contributed by atoms with Crippen LogP contribution in [-0.2, 0) is 14.3 Å². The van der Waals surface area contributed by atoms with Gasteiger partial charge in [-0.3, -0.25) is 4.79 Å². The SMILES string of the molecule is O=C1C=C(C=Cc2ccccc2)OC1=O. The number of carbonyl (C=O) groups is 2. The lowest BCUT2D eigenvalue weighted by molar-refractivity contribution is -0.145. The molecule has 0 bridgehead atoms. The molecule has 0 atom stereocenters. The van der Waals surface area contributed by atoms with Gasteiger partial charge < -0.3 is 4.74 Å². The Morgan fingerprint density at radius 2 is 1.73 bits per heavy atom. The number of allylic oxidation sites excluding steroid dienone is 1. The molecule has 1 aromatic carbocycles. The van der Waals surface area contributed by atoms with Gasteiger partial charge in [-0.15, -0.1) is 0 Å². The summed E-state index contributed by atoms with van der Waals surface area (Å²) in [5.74, 6) is -1.14. The molecule has 0 radical (unpaired) electrons. The van der Waals surface area contributed by atoms with Crippen LogP contribution in [0.3, 0.4) is 0 Å². The molecule has 0 N–H and O–H groups in total. The molecule has 3 nitrogen and oxygen atoms in total. The van der Waals surface area contributed by atoms with E-state index in [4.69, 9.17) is 0 Å². The molecule has 2 rings (SSSR count). The van der Waals surface area contributed by atoms with Crippen molar-refractivity contribution in [3.63, 3.8) is 0 Å². The number of hydrogen-bond donors (Lipinski definition) is 0. The molecule has 1 heterocycles. The topological polar surface area (TPSA) is 43.4 Å². The van der Waals surface area contributed by atoms with Gasteiger partial charge >= 0.3 is 5.97 Å². The number of benzene rings is 1. The number of ketones is 1. The molecule has 3 heteroatoms. The van der Waals surface area contributed by atoms with Crippen molar-refractivity contribution >= 4 is 17.8 Å². The van der Waals surface area contributed by atoms with Crippen LogP contribution in [0, 0.1) is 0 Å². The van der Waals surface area contributed by atoms with Gasteiger partial charge in [0.1, 0.15) is 5.76 Å². The second kappa shape index (κ2) is 3.92. The van der Waals surface area contributed by atoms with Crippen LogP contribution in [-0.4, -0.2) is 11.8 Å². The minimum atomic E-state index is -0.817. The third kappa shape index (κ3) is 2.20. The molecule has 1 aliphatic rings. The molecule has 1 aliphatic heterocycles. The molecular formula is C12H8O3. The smallest absolute Gasteiger partial charge is 0.384 e. The second-order valence-electron chi connectivity index (χ2n) is 3.04. The average Bonchev–Trinajstić information content (AvgIpc) is 2.57. The first-order chi connectivity index (χ1) is 7.25. The first kappa shape index (κ1) is 9.40. The van der Waals surface area contributed by atoms with Gasteiger partial charge in [0.05, 0.1) is 0 Å². The zero-order valence-corrected chi connectivity index (χ0v) is 7.84. The highest BCUT2D eigenvalue weighted by Crippen LogP contribution is 2.11. The Balaban J connectivity index is 2.11. The van der Waals surface area contributed by atoms with Crippen LogP contribution in [0.2, 0.25) is 0 Å². The Morgan fingerprint density at radius 1 is 1.00 bits per heavy atom. The van der Waals surface area contributed by atoms with Gasteiger partial charge in [-0.05, 0) is 11.6 Å². The maximum atomic E-state index is 10.8. The van der Waals surface area contributed by atoms with Gasteiger partial charge in [0.25, 0.3) is 5.78 Å². The van der Waals surface area contributed by atoms with Gasteiger partial charge in [-0.1, -0.05) is 36.4 Å². The third-order valence-corrected chi connectivity index (χ3v) is 1.92. The van der Waals surface area contributed by atoms with E-state index in [-0.39, 0.29) is 5.76 Å². The van der Waals surface area contributed by atoms with Crippen molar-refractivity contribution in [2.75, 3.05) is 0 Å². The third-order valence-electron chi connectivity index (χ3n) is 1.92. The largest absolute Gasteiger partial charge is 0.420 e. The molecule has 0 fully saturated rings. The summed E-state index contributed by atoms with van der Waals surface area (Å²) in [6.07, 6.45) is 4.55. The molecule has 0 saturated heterocycles. The zero-order chi connectivity index (χ0) is 10.7. The van der Waals surface area contributed by atoms with E-state index in [1.54, 1.807) is 12.2 Å². The van der Waals surface area contributed by atoms with Gasteiger partial charge in [-0.2, -0.15) is 0 Å². The van der Waals surface area contributed by atoms with Crippen molar-refractivity contribution in [3.8, 4) is 0 Å². The Morgan fingerprint density at radius 3 is 2.33 bits per heavy atom. The molecule has 1 aromatic rings. The number of ether oxygens (including phenoxy) is 1. The summed E-state index contributed by atoms with van der Waals surface area (Å²) in [6.45, 7) is 0. The van der Waals surface area contributed by atoms with Crippen LogP contribution >= 0.6 is 0 Å². The minimum Gasteiger partial charge on any atom is -0.420 e. The summed E-state index contributed by atoms with van der Waals surface area (Å²) in [7, 11) is 0. The summed E-state index contributed by atoms with van der Waals surface area (Å²) in [6, 6.07) is 9.54. The van der Waals surface area contributed by atoms with Crippen LogP contribution in [0.5, 0.6) is 0 Å². The lowest BCUT2D eigenvalue weighted by Crippen LogP contribution is -2.05. The molecule has 0 amide bonds. The first-order valence-electron chi connectivity index (χ1n) is 4.47. The number of esters is 1. The van der Waals surface area contributed by atoms with E-state index >= 15 is 0 Å². The molecular weight excluding hydrogens is 192 g/mol. The predicted molar refractivity (Wildman–Crippen MR) is 54.7 cm³/mol. The van der Waals surface area contributed by atoms with Gasteiger partial charge in [0.2, 0.25) is 0 Å². The van der Waals surface area contributed by atoms with Crippen LogP contribution in [0.25, 0.3) is 6.08 Å². The Labute approximate surface area is 86.7 Å². The summed E-state index contributed by atoms with van der Waals surface area (Å²) in [5, 5.41) is 0. The number of hydrogen-bond acceptors (Lipinski definition) is 3. The van der Waals surface area contributed by atoms with Gasteiger partial charge in [0, 0.05) is 6.08 Å². The average molecular weight is 200 g/mol. The fraction of sp³-hybridized carbons (Fsp3) is 0.